The topological polar surface area (TPSA) is 179 Å². The number of carbonyl (C=O) groups excluding carboxylic acids is 1. The van der Waals surface area contributed by atoms with Crippen molar-refractivity contribution in [1.82, 2.24) is 9.21 Å². The SMILES string of the molecule is CCN(C(=O)Oc1cccc(CO[N+](=O)[O-])c1)[C@H]1CN(C)S(=O)(=O)c2sc(S(N)(=O)=O)cc21. The highest BCUT2D eigenvalue weighted by molar-refractivity contribution is 7.94. The number of rotatable bonds is 7. The number of fused-ring (bicyclic) bond motifs is 1. The second-order valence-electron chi connectivity index (χ2n) is 6.95. The molecular formula is C17H20N4O9S3. The molecule has 1 aliphatic heterocycles. The number of benzene rings is 1. The quantitative estimate of drug-likeness (QED) is 0.416. The molecule has 0 unspecified atom stereocenters. The molecule has 1 atom stereocenters. The zero-order chi connectivity index (χ0) is 24.6. The first-order valence-electron chi connectivity index (χ1n) is 9.32. The number of thiophene rings is 1. The smallest absolute Gasteiger partial charge is 0.410 e. The first-order chi connectivity index (χ1) is 15.3. The minimum Gasteiger partial charge on any atom is -0.410 e. The van der Waals surface area contributed by atoms with Gasteiger partial charge in [0.1, 0.15) is 20.8 Å². The van der Waals surface area contributed by atoms with Crippen LogP contribution in [0, 0.1) is 10.1 Å². The predicted octanol–water partition coefficient (Wildman–Crippen LogP) is 1.30. The normalized spacial score (nSPS) is 17.7. The van der Waals surface area contributed by atoms with Crippen LogP contribution in [0.5, 0.6) is 5.75 Å². The van der Waals surface area contributed by atoms with Crippen LogP contribution in [0.4, 0.5) is 4.79 Å². The van der Waals surface area contributed by atoms with Crippen LogP contribution in [0.1, 0.15) is 24.1 Å². The van der Waals surface area contributed by atoms with E-state index in [0.29, 0.717) is 16.9 Å². The van der Waals surface area contributed by atoms with Crippen LogP contribution in [0.15, 0.2) is 38.8 Å². The Morgan fingerprint density at radius 2 is 2.09 bits per heavy atom. The molecule has 3 rings (SSSR count). The average Bonchev–Trinajstić information content (AvgIpc) is 3.18. The van der Waals surface area contributed by atoms with Crippen LogP contribution in [0.3, 0.4) is 0 Å². The van der Waals surface area contributed by atoms with Gasteiger partial charge in [-0.15, -0.1) is 21.5 Å². The first kappa shape index (κ1) is 24.8. The van der Waals surface area contributed by atoms with Gasteiger partial charge in [0.2, 0.25) is 10.0 Å². The lowest BCUT2D eigenvalue weighted by Crippen LogP contribution is -2.46. The minimum atomic E-state index is -4.16. The Morgan fingerprint density at radius 1 is 1.39 bits per heavy atom. The zero-order valence-electron chi connectivity index (χ0n) is 17.4. The molecule has 0 fully saturated rings. The van der Waals surface area contributed by atoms with E-state index >= 15 is 0 Å². The summed E-state index contributed by atoms with van der Waals surface area (Å²) < 4.78 is 54.9. The van der Waals surface area contributed by atoms with Gasteiger partial charge in [0.05, 0.1) is 6.04 Å². The number of nitrogens with zero attached hydrogens (tertiary/aromatic N) is 3. The van der Waals surface area contributed by atoms with E-state index in [1.165, 1.54) is 30.1 Å². The Kier molecular flexibility index (Phi) is 6.94. The Balaban J connectivity index is 1.92. The molecule has 16 heteroatoms. The van der Waals surface area contributed by atoms with E-state index in [-0.39, 0.29) is 39.4 Å². The molecular weight excluding hydrogens is 500 g/mol. The fraction of sp³-hybridized carbons (Fsp3) is 0.353. The Hall–Kier alpha value is -2.79. The van der Waals surface area contributed by atoms with Crippen molar-refractivity contribution in [2.45, 2.75) is 28.0 Å². The summed E-state index contributed by atoms with van der Waals surface area (Å²) in [4.78, 5) is 28.9. The molecule has 1 amide bonds. The van der Waals surface area contributed by atoms with Gasteiger partial charge in [-0.25, -0.2) is 26.8 Å². The molecule has 1 aliphatic rings. The second kappa shape index (κ2) is 9.22. The molecule has 2 aromatic rings. The van der Waals surface area contributed by atoms with Crippen molar-refractivity contribution in [3.05, 3.63) is 51.6 Å². The van der Waals surface area contributed by atoms with Crippen LogP contribution in [0.2, 0.25) is 0 Å². The fourth-order valence-corrected chi connectivity index (χ4v) is 7.28. The average molecular weight is 521 g/mol. The Labute approximate surface area is 193 Å². The lowest BCUT2D eigenvalue weighted by atomic mass is 10.1. The highest BCUT2D eigenvalue weighted by Gasteiger charge is 2.42. The van der Waals surface area contributed by atoms with Gasteiger partial charge in [-0.3, -0.25) is 4.90 Å². The van der Waals surface area contributed by atoms with Crippen molar-refractivity contribution in [2.75, 3.05) is 20.1 Å². The molecule has 1 aromatic heterocycles. The summed E-state index contributed by atoms with van der Waals surface area (Å²) in [5.41, 5.74) is 0.524. The third-order valence-corrected chi connectivity index (χ3v) is 9.73. The van der Waals surface area contributed by atoms with E-state index in [4.69, 9.17) is 9.88 Å². The Bertz CT molecular complexity index is 1290. The maximum atomic E-state index is 13.0. The molecule has 0 aliphatic carbocycles. The second-order valence-corrected chi connectivity index (χ2v) is 12.0. The summed E-state index contributed by atoms with van der Waals surface area (Å²) >= 11 is 0.520. The van der Waals surface area contributed by atoms with Gasteiger partial charge in [-0.05, 0) is 30.7 Å². The molecule has 0 radical (unpaired) electrons. The molecule has 0 bridgehead atoms. The first-order valence-corrected chi connectivity index (χ1v) is 13.1. The van der Waals surface area contributed by atoms with Gasteiger partial charge in [0.15, 0.2) is 0 Å². The van der Waals surface area contributed by atoms with E-state index in [0.717, 1.165) is 10.4 Å². The third kappa shape index (κ3) is 5.25. The highest BCUT2D eigenvalue weighted by Crippen LogP contribution is 2.41. The third-order valence-electron chi connectivity index (χ3n) is 4.81. The number of ether oxygens (including phenoxy) is 1. The lowest BCUT2D eigenvalue weighted by molar-refractivity contribution is -0.763. The number of likely N-dealkylation sites (N-methyl/N-ethyl adjacent to an activating group) is 2. The molecule has 1 aromatic carbocycles. The summed E-state index contributed by atoms with van der Waals surface area (Å²) in [6.07, 6.45) is -0.822. The van der Waals surface area contributed by atoms with Crippen molar-refractivity contribution in [3.8, 4) is 5.75 Å². The van der Waals surface area contributed by atoms with E-state index in [1.54, 1.807) is 13.0 Å². The fourth-order valence-electron chi connectivity index (χ4n) is 3.25. The van der Waals surface area contributed by atoms with Gasteiger partial charge in [0, 0.05) is 25.7 Å². The summed E-state index contributed by atoms with van der Waals surface area (Å²) in [5.74, 6) is 0.0930. The van der Waals surface area contributed by atoms with E-state index < -0.39 is 37.3 Å². The monoisotopic (exact) mass is 520 g/mol. The standard InChI is InChI=1S/C17H20N4O9S3/c1-3-20(17(22)30-12-6-4-5-11(7-12)10-29-21(23)24)14-9-19(2)33(27,28)16-13(14)8-15(31-16)32(18,25)26/h4-8,14H,3,9-10H2,1-2H3,(H2,18,25,26)/t14-/m0/s1. The van der Waals surface area contributed by atoms with Gasteiger partial charge in [0.25, 0.3) is 15.1 Å². The van der Waals surface area contributed by atoms with Crippen molar-refractivity contribution in [2.24, 2.45) is 5.14 Å². The Morgan fingerprint density at radius 3 is 2.70 bits per heavy atom. The van der Waals surface area contributed by atoms with Crippen molar-refractivity contribution in [3.63, 3.8) is 0 Å². The summed E-state index contributed by atoms with van der Waals surface area (Å²) in [6, 6.07) is 6.25. The summed E-state index contributed by atoms with van der Waals surface area (Å²) in [6.45, 7) is 1.30. The zero-order valence-corrected chi connectivity index (χ0v) is 19.9. The predicted molar refractivity (Wildman–Crippen MR) is 115 cm³/mol. The van der Waals surface area contributed by atoms with E-state index in [1.807, 2.05) is 0 Å². The minimum absolute atomic E-state index is 0.0930. The summed E-state index contributed by atoms with van der Waals surface area (Å²) in [5, 5.41) is 14.6. The van der Waals surface area contributed by atoms with Crippen molar-refractivity contribution in [1.29, 1.82) is 0 Å². The number of amides is 1. The number of hydrogen-bond donors (Lipinski definition) is 1. The molecule has 180 valence electrons. The molecule has 13 nitrogen and oxygen atoms in total. The lowest BCUT2D eigenvalue weighted by Gasteiger charge is -2.36. The van der Waals surface area contributed by atoms with Crippen molar-refractivity contribution < 1.29 is 36.3 Å². The number of nitrogens with two attached hydrogens (primary N) is 1. The van der Waals surface area contributed by atoms with Gasteiger partial charge >= 0.3 is 6.09 Å². The largest absolute Gasteiger partial charge is 0.415 e. The van der Waals surface area contributed by atoms with E-state index in [2.05, 4.69) is 4.84 Å². The molecule has 0 saturated carbocycles. The van der Waals surface area contributed by atoms with Crippen LogP contribution < -0.4 is 9.88 Å². The van der Waals surface area contributed by atoms with Gasteiger partial charge in [-0.2, -0.15) is 4.31 Å². The van der Waals surface area contributed by atoms with Crippen LogP contribution >= 0.6 is 11.3 Å². The number of hydrogen-bond acceptors (Lipinski definition) is 10. The van der Waals surface area contributed by atoms with Crippen molar-refractivity contribution >= 4 is 37.5 Å². The maximum Gasteiger partial charge on any atom is 0.415 e. The summed E-state index contributed by atoms with van der Waals surface area (Å²) in [7, 11) is -6.80. The molecule has 33 heavy (non-hydrogen) atoms. The number of primary sulfonamides is 1. The highest BCUT2D eigenvalue weighted by atomic mass is 32.3. The molecule has 2 N–H and O–H groups in total. The molecule has 0 spiro atoms. The van der Waals surface area contributed by atoms with E-state index in [9.17, 15) is 31.7 Å². The molecule has 2 heterocycles. The van der Waals surface area contributed by atoms with Crippen LogP contribution in [-0.2, 0) is 31.5 Å². The molecule has 0 saturated heterocycles. The van der Waals surface area contributed by atoms with Gasteiger partial charge < -0.3 is 9.57 Å². The van der Waals surface area contributed by atoms with Crippen LogP contribution in [-0.4, -0.2) is 57.4 Å². The van der Waals surface area contributed by atoms with Crippen LogP contribution in [0.25, 0.3) is 0 Å². The maximum absolute atomic E-state index is 13.0. The van der Waals surface area contributed by atoms with Gasteiger partial charge in [-0.1, -0.05) is 12.1 Å². The number of carbonyl (C=O) groups is 1. The number of sulfonamides is 2.